The minimum Gasteiger partial charge on any atom is -0.364 e. The molecule has 3 N–H and O–H groups in total. The van der Waals surface area contributed by atoms with E-state index in [2.05, 4.69) is 15.4 Å². The fourth-order valence-electron chi connectivity index (χ4n) is 3.90. The summed E-state index contributed by atoms with van der Waals surface area (Å²) in [5.74, 6) is -2.97. The van der Waals surface area contributed by atoms with Crippen LogP contribution < -0.4 is 11.1 Å². The first-order valence-corrected chi connectivity index (χ1v) is 10.8. The number of nitrogens with one attached hydrogen (secondary N) is 1. The number of anilines is 1. The number of rotatable bonds is 5. The number of aryl methyl sites for hydroxylation is 1. The number of nitrogens with two attached hydrogens (primary N) is 1. The van der Waals surface area contributed by atoms with Crippen molar-refractivity contribution in [2.24, 2.45) is 5.73 Å². The third-order valence-electron chi connectivity index (χ3n) is 5.74. The third-order valence-corrected chi connectivity index (χ3v) is 5.74. The molecule has 0 unspecified atom stereocenters. The topological polar surface area (TPSA) is 127 Å². The van der Waals surface area contributed by atoms with Gasteiger partial charge in [0.05, 0.1) is 40.6 Å². The van der Waals surface area contributed by atoms with Crippen molar-refractivity contribution >= 4 is 28.4 Å². The molecule has 2 amide bonds. The van der Waals surface area contributed by atoms with Gasteiger partial charge in [0.2, 0.25) is 0 Å². The van der Waals surface area contributed by atoms with Gasteiger partial charge in [0, 0.05) is 5.39 Å². The maximum absolute atomic E-state index is 14.6. The molecule has 0 atom stereocenters. The first kappa shape index (κ1) is 25.3. The Morgan fingerprint density at radius 1 is 1.16 bits per heavy atom. The molecular formula is C25H18F4N6O2. The lowest BCUT2D eigenvalue weighted by Crippen LogP contribution is -2.20. The highest BCUT2D eigenvalue weighted by Crippen LogP contribution is 2.36. The van der Waals surface area contributed by atoms with Crippen LogP contribution in [0.4, 0.5) is 23.2 Å². The van der Waals surface area contributed by atoms with Crippen molar-refractivity contribution in [2.75, 3.05) is 5.32 Å². The molecule has 8 nitrogen and oxygen atoms in total. The SMILES string of the molecule is Cc1cc(Cn2nc(C(F)(F)F)c(NC(=O)c3cc(C(N)=O)nc4cccc(F)c34)c2C)ccc1C#N. The number of nitrogens with zero attached hydrogens (tertiary/aromatic N) is 4. The summed E-state index contributed by atoms with van der Waals surface area (Å²) in [5, 5.41) is 14.7. The standard InChI is InChI=1S/C25H18F4N6O2/c1-12-8-14(6-7-15(12)10-30)11-35-13(2)21(22(34-35)25(27,28)29)33-24(37)16-9-19(23(31)36)32-18-5-3-4-17(26)20(16)18/h3-9H,11H2,1-2H3,(H2,31,36)(H,33,37). The van der Waals surface area contributed by atoms with Gasteiger partial charge in [0.25, 0.3) is 11.8 Å². The van der Waals surface area contributed by atoms with Crippen LogP contribution in [0.2, 0.25) is 0 Å². The van der Waals surface area contributed by atoms with E-state index in [9.17, 15) is 27.2 Å². The minimum atomic E-state index is -4.93. The van der Waals surface area contributed by atoms with E-state index in [1.807, 2.05) is 6.07 Å². The molecule has 4 rings (SSSR count). The van der Waals surface area contributed by atoms with Crippen molar-refractivity contribution in [3.05, 3.63) is 87.6 Å². The van der Waals surface area contributed by atoms with Gasteiger partial charge in [-0.2, -0.15) is 23.5 Å². The van der Waals surface area contributed by atoms with Gasteiger partial charge >= 0.3 is 6.18 Å². The average Bonchev–Trinajstić information content (AvgIpc) is 3.14. The molecule has 4 aromatic rings. The van der Waals surface area contributed by atoms with E-state index in [-0.39, 0.29) is 28.8 Å². The van der Waals surface area contributed by atoms with Gasteiger partial charge in [-0.1, -0.05) is 18.2 Å². The Bertz CT molecular complexity index is 1620. The van der Waals surface area contributed by atoms with E-state index < -0.39 is 40.8 Å². The summed E-state index contributed by atoms with van der Waals surface area (Å²) >= 11 is 0. The number of carbonyl (C=O) groups is 2. The number of carbonyl (C=O) groups excluding carboxylic acids is 2. The molecule has 2 aromatic carbocycles. The smallest absolute Gasteiger partial charge is 0.364 e. The quantitative estimate of drug-likeness (QED) is 0.383. The molecule has 12 heteroatoms. The minimum absolute atomic E-state index is 0.0170. The van der Waals surface area contributed by atoms with Crippen molar-refractivity contribution in [3.8, 4) is 6.07 Å². The third kappa shape index (κ3) is 4.84. The second-order valence-corrected chi connectivity index (χ2v) is 8.23. The molecule has 0 aliphatic carbocycles. The Balaban J connectivity index is 1.79. The van der Waals surface area contributed by atoms with Crippen LogP contribution in [0.25, 0.3) is 10.9 Å². The summed E-state index contributed by atoms with van der Waals surface area (Å²) in [6.07, 6.45) is -4.93. The fourth-order valence-corrected chi connectivity index (χ4v) is 3.90. The van der Waals surface area contributed by atoms with Gasteiger partial charge in [-0.05, 0) is 49.2 Å². The van der Waals surface area contributed by atoms with Gasteiger partial charge in [0.15, 0.2) is 5.69 Å². The van der Waals surface area contributed by atoms with Crippen molar-refractivity contribution in [1.82, 2.24) is 14.8 Å². The second kappa shape index (κ2) is 9.34. The molecule has 0 bridgehead atoms. The van der Waals surface area contributed by atoms with Crippen LogP contribution in [0.5, 0.6) is 0 Å². The number of hydrogen-bond acceptors (Lipinski definition) is 5. The van der Waals surface area contributed by atoms with E-state index in [1.165, 1.54) is 19.1 Å². The Morgan fingerprint density at radius 2 is 1.89 bits per heavy atom. The summed E-state index contributed by atoms with van der Waals surface area (Å²) in [6.45, 7) is 2.97. The van der Waals surface area contributed by atoms with Gasteiger partial charge in [-0.25, -0.2) is 9.37 Å². The van der Waals surface area contributed by atoms with Crippen molar-refractivity contribution in [2.45, 2.75) is 26.6 Å². The van der Waals surface area contributed by atoms with Crippen LogP contribution in [-0.2, 0) is 12.7 Å². The number of hydrogen-bond donors (Lipinski definition) is 2. The van der Waals surface area contributed by atoms with Gasteiger partial charge in [-0.3, -0.25) is 14.3 Å². The summed E-state index contributed by atoms with van der Waals surface area (Å²) in [7, 11) is 0. The van der Waals surface area contributed by atoms with E-state index in [4.69, 9.17) is 11.0 Å². The fraction of sp³-hybridized carbons (Fsp3) is 0.160. The lowest BCUT2D eigenvalue weighted by Gasteiger charge is -2.12. The predicted molar refractivity (Wildman–Crippen MR) is 125 cm³/mol. The monoisotopic (exact) mass is 510 g/mol. The number of amides is 2. The van der Waals surface area contributed by atoms with Crippen LogP contribution in [0, 0.1) is 31.0 Å². The predicted octanol–water partition coefficient (Wildman–Crippen LogP) is 4.48. The van der Waals surface area contributed by atoms with Crippen LogP contribution in [0.15, 0.2) is 42.5 Å². The number of primary amides is 1. The van der Waals surface area contributed by atoms with Crippen LogP contribution >= 0.6 is 0 Å². The Hall–Kier alpha value is -4.79. The summed E-state index contributed by atoms with van der Waals surface area (Å²) in [6, 6.07) is 11.4. The highest BCUT2D eigenvalue weighted by atomic mass is 19.4. The van der Waals surface area contributed by atoms with E-state index >= 15 is 0 Å². The van der Waals surface area contributed by atoms with Gasteiger partial charge < -0.3 is 11.1 Å². The molecule has 0 aliphatic heterocycles. The molecule has 0 aliphatic rings. The molecule has 0 saturated heterocycles. The molecule has 0 radical (unpaired) electrons. The molecule has 2 aromatic heterocycles. The first-order valence-electron chi connectivity index (χ1n) is 10.8. The largest absolute Gasteiger partial charge is 0.437 e. The number of aromatic nitrogens is 3. The van der Waals surface area contributed by atoms with E-state index in [1.54, 1.807) is 25.1 Å². The average molecular weight is 510 g/mol. The van der Waals surface area contributed by atoms with E-state index in [0.717, 1.165) is 16.8 Å². The Morgan fingerprint density at radius 3 is 2.51 bits per heavy atom. The zero-order valence-electron chi connectivity index (χ0n) is 19.4. The van der Waals surface area contributed by atoms with Crippen molar-refractivity contribution < 1.29 is 27.2 Å². The number of alkyl halides is 3. The van der Waals surface area contributed by atoms with Crippen molar-refractivity contribution in [1.29, 1.82) is 5.26 Å². The zero-order valence-corrected chi connectivity index (χ0v) is 19.4. The summed E-state index contributed by atoms with van der Waals surface area (Å²) in [4.78, 5) is 28.8. The lowest BCUT2D eigenvalue weighted by molar-refractivity contribution is -0.140. The number of fused-ring (bicyclic) bond motifs is 1. The number of benzene rings is 2. The lowest BCUT2D eigenvalue weighted by atomic mass is 10.1. The maximum Gasteiger partial charge on any atom is 0.437 e. The molecule has 188 valence electrons. The molecule has 0 spiro atoms. The van der Waals surface area contributed by atoms with Crippen LogP contribution in [-0.4, -0.2) is 26.6 Å². The van der Waals surface area contributed by atoms with E-state index in [0.29, 0.717) is 16.7 Å². The first-order chi connectivity index (χ1) is 17.4. The number of pyridine rings is 1. The molecular weight excluding hydrogens is 492 g/mol. The highest BCUT2D eigenvalue weighted by Gasteiger charge is 2.39. The summed E-state index contributed by atoms with van der Waals surface area (Å²) < 4.78 is 57.3. The summed E-state index contributed by atoms with van der Waals surface area (Å²) in [5.41, 5.74) is 4.10. The maximum atomic E-state index is 14.6. The highest BCUT2D eigenvalue weighted by molar-refractivity contribution is 6.14. The van der Waals surface area contributed by atoms with Gasteiger partial charge in [-0.15, -0.1) is 0 Å². The zero-order chi connectivity index (χ0) is 27.1. The van der Waals surface area contributed by atoms with Crippen LogP contribution in [0.3, 0.4) is 0 Å². The second-order valence-electron chi connectivity index (χ2n) is 8.23. The Labute approximate surface area is 207 Å². The molecule has 0 fully saturated rings. The molecule has 2 heterocycles. The Kier molecular flexibility index (Phi) is 6.39. The normalized spacial score (nSPS) is 11.4. The van der Waals surface area contributed by atoms with Crippen LogP contribution in [0.1, 0.15) is 48.9 Å². The van der Waals surface area contributed by atoms with Gasteiger partial charge in [0.1, 0.15) is 11.5 Å². The number of halogens is 4. The number of nitriles is 1. The molecule has 37 heavy (non-hydrogen) atoms. The van der Waals surface area contributed by atoms with Crippen molar-refractivity contribution in [3.63, 3.8) is 0 Å². The molecule has 0 saturated carbocycles.